The number of ether oxygens (including phenoxy) is 2. The van der Waals surface area contributed by atoms with Gasteiger partial charge >= 0.3 is 0 Å². The SMILES string of the molecule is Oc1ccc2c(c1)OC1(CC2)CCc2ccc(O)cc2O1. The third-order valence-electron chi connectivity index (χ3n) is 4.24. The summed E-state index contributed by atoms with van der Waals surface area (Å²) in [7, 11) is 0. The minimum absolute atomic E-state index is 0.194. The van der Waals surface area contributed by atoms with Gasteiger partial charge in [-0.2, -0.15) is 0 Å². The summed E-state index contributed by atoms with van der Waals surface area (Å²) >= 11 is 0. The lowest BCUT2D eigenvalue weighted by atomic mass is 9.92. The lowest BCUT2D eigenvalue weighted by molar-refractivity contribution is -0.139. The number of hydrogen-bond acceptors (Lipinski definition) is 4. The van der Waals surface area contributed by atoms with Crippen molar-refractivity contribution in [1.82, 2.24) is 0 Å². The summed E-state index contributed by atoms with van der Waals surface area (Å²) < 4.78 is 12.1. The zero-order chi connectivity index (χ0) is 14.4. The molecule has 1 spiro atoms. The Kier molecular flexibility index (Phi) is 2.55. The van der Waals surface area contributed by atoms with E-state index in [1.54, 1.807) is 24.3 Å². The molecule has 0 bridgehead atoms. The van der Waals surface area contributed by atoms with Crippen molar-refractivity contribution in [3.8, 4) is 23.0 Å². The summed E-state index contributed by atoms with van der Waals surface area (Å²) in [5, 5.41) is 19.2. The highest BCUT2D eigenvalue weighted by Crippen LogP contribution is 2.43. The quantitative estimate of drug-likeness (QED) is 0.780. The fourth-order valence-corrected chi connectivity index (χ4v) is 3.09. The molecule has 4 rings (SSSR count). The van der Waals surface area contributed by atoms with Crippen LogP contribution in [0.2, 0.25) is 0 Å². The van der Waals surface area contributed by atoms with Crippen molar-refractivity contribution in [1.29, 1.82) is 0 Å². The van der Waals surface area contributed by atoms with E-state index in [9.17, 15) is 10.2 Å². The van der Waals surface area contributed by atoms with Gasteiger partial charge < -0.3 is 19.7 Å². The van der Waals surface area contributed by atoms with Crippen LogP contribution in [0.1, 0.15) is 24.0 Å². The molecule has 0 fully saturated rings. The molecule has 4 nitrogen and oxygen atoms in total. The number of fused-ring (bicyclic) bond motifs is 2. The summed E-state index contributed by atoms with van der Waals surface area (Å²) in [4.78, 5) is 0. The maximum atomic E-state index is 9.62. The predicted molar refractivity (Wildman–Crippen MR) is 76.8 cm³/mol. The summed E-state index contributed by atoms with van der Waals surface area (Å²) in [5.74, 6) is 1.07. The van der Waals surface area contributed by atoms with E-state index >= 15 is 0 Å². The maximum Gasteiger partial charge on any atom is 0.251 e. The molecule has 0 saturated carbocycles. The molecule has 2 N–H and O–H groups in total. The number of aryl methyl sites for hydroxylation is 2. The van der Waals surface area contributed by atoms with Crippen molar-refractivity contribution in [3.63, 3.8) is 0 Å². The van der Waals surface area contributed by atoms with Crippen LogP contribution in [0.25, 0.3) is 0 Å². The van der Waals surface area contributed by atoms with Crippen LogP contribution in [-0.4, -0.2) is 16.0 Å². The Morgan fingerprint density at radius 2 is 1.24 bits per heavy atom. The normalized spacial score (nSPS) is 18.3. The fraction of sp³-hybridized carbons (Fsp3) is 0.294. The summed E-state index contributed by atoms with van der Waals surface area (Å²) in [6.45, 7) is 0. The molecule has 2 aromatic rings. The van der Waals surface area contributed by atoms with Crippen LogP contribution in [0.15, 0.2) is 36.4 Å². The van der Waals surface area contributed by atoms with Crippen LogP contribution >= 0.6 is 0 Å². The molecule has 0 saturated heterocycles. The second-order valence-corrected chi connectivity index (χ2v) is 5.70. The van der Waals surface area contributed by atoms with Gasteiger partial charge in [0, 0.05) is 25.0 Å². The lowest BCUT2D eigenvalue weighted by Gasteiger charge is -2.41. The van der Waals surface area contributed by atoms with Crippen LogP contribution in [-0.2, 0) is 12.8 Å². The van der Waals surface area contributed by atoms with Crippen LogP contribution in [0.4, 0.5) is 0 Å². The Bertz CT molecular complexity index is 646. The molecular weight excluding hydrogens is 268 g/mol. The van der Waals surface area contributed by atoms with E-state index in [1.165, 1.54) is 0 Å². The Morgan fingerprint density at radius 1 is 0.762 bits per heavy atom. The molecule has 0 radical (unpaired) electrons. The first-order chi connectivity index (χ1) is 10.1. The topological polar surface area (TPSA) is 58.9 Å². The van der Waals surface area contributed by atoms with E-state index in [0.717, 1.165) is 36.8 Å². The van der Waals surface area contributed by atoms with Gasteiger partial charge in [0.15, 0.2) is 0 Å². The first-order valence-corrected chi connectivity index (χ1v) is 7.15. The molecule has 2 aromatic carbocycles. The molecule has 2 aliphatic rings. The Hall–Kier alpha value is -2.36. The highest BCUT2D eigenvalue weighted by atomic mass is 16.7. The Balaban J connectivity index is 1.68. The highest BCUT2D eigenvalue weighted by molar-refractivity contribution is 5.44. The largest absolute Gasteiger partial charge is 0.508 e. The second kappa shape index (κ2) is 4.32. The van der Waals surface area contributed by atoms with Crippen molar-refractivity contribution in [2.24, 2.45) is 0 Å². The summed E-state index contributed by atoms with van der Waals surface area (Å²) in [6.07, 6.45) is 3.23. The second-order valence-electron chi connectivity index (χ2n) is 5.70. The lowest BCUT2D eigenvalue weighted by Crippen LogP contribution is -2.47. The van der Waals surface area contributed by atoms with E-state index in [-0.39, 0.29) is 11.5 Å². The van der Waals surface area contributed by atoms with Gasteiger partial charge in [-0.25, -0.2) is 0 Å². The highest BCUT2D eigenvalue weighted by Gasteiger charge is 2.41. The molecule has 0 atom stereocenters. The van der Waals surface area contributed by atoms with Gasteiger partial charge in [-0.15, -0.1) is 0 Å². The molecule has 4 heteroatoms. The molecule has 0 aromatic heterocycles. The van der Waals surface area contributed by atoms with Crippen LogP contribution < -0.4 is 9.47 Å². The fourth-order valence-electron chi connectivity index (χ4n) is 3.09. The third-order valence-corrected chi connectivity index (χ3v) is 4.24. The average molecular weight is 284 g/mol. The van der Waals surface area contributed by atoms with Gasteiger partial charge in [0.05, 0.1) is 0 Å². The minimum atomic E-state index is -0.693. The third kappa shape index (κ3) is 2.07. The first-order valence-electron chi connectivity index (χ1n) is 7.15. The zero-order valence-electron chi connectivity index (χ0n) is 11.5. The average Bonchev–Trinajstić information content (AvgIpc) is 2.46. The number of rotatable bonds is 0. The maximum absolute atomic E-state index is 9.62. The summed E-state index contributed by atoms with van der Waals surface area (Å²) in [6, 6.07) is 10.4. The van der Waals surface area contributed by atoms with Crippen LogP contribution in [0, 0.1) is 0 Å². The van der Waals surface area contributed by atoms with Gasteiger partial charge in [0.1, 0.15) is 23.0 Å². The predicted octanol–water partition coefficient (Wildman–Crippen LogP) is 3.14. The van der Waals surface area contributed by atoms with E-state index < -0.39 is 5.79 Å². The molecular formula is C17H16O4. The molecule has 21 heavy (non-hydrogen) atoms. The zero-order valence-corrected chi connectivity index (χ0v) is 11.5. The number of benzene rings is 2. The van der Waals surface area contributed by atoms with Gasteiger partial charge in [-0.1, -0.05) is 12.1 Å². The van der Waals surface area contributed by atoms with E-state index in [4.69, 9.17) is 9.47 Å². The standard InChI is InChI=1S/C17H16O4/c18-13-3-1-11-5-7-17(20-15(11)9-13)8-6-12-2-4-14(19)10-16(12)21-17/h1-4,9-10,18-19H,5-8H2. The molecule has 0 amide bonds. The van der Waals surface area contributed by atoms with Crippen molar-refractivity contribution in [2.75, 3.05) is 0 Å². The Labute approximate surface area is 122 Å². The van der Waals surface area contributed by atoms with Gasteiger partial charge in [-0.3, -0.25) is 0 Å². The van der Waals surface area contributed by atoms with Crippen LogP contribution in [0.3, 0.4) is 0 Å². The number of hydrogen-bond donors (Lipinski definition) is 2. The molecule has 0 aliphatic carbocycles. The monoisotopic (exact) mass is 284 g/mol. The molecule has 2 aliphatic heterocycles. The first kappa shape index (κ1) is 12.4. The van der Waals surface area contributed by atoms with Crippen molar-refractivity contribution in [3.05, 3.63) is 47.5 Å². The van der Waals surface area contributed by atoms with Gasteiger partial charge in [0.2, 0.25) is 0 Å². The van der Waals surface area contributed by atoms with Crippen molar-refractivity contribution < 1.29 is 19.7 Å². The van der Waals surface area contributed by atoms with Crippen molar-refractivity contribution >= 4 is 0 Å². The van der Waals surface area contributed by atoms with Gasteiger partial charge in [0.25, 0.3) is 5.79 Å². The molecule has 0 unspecified atom stereocenters. The van der Waals surface area contributed by atoms with E-state index in [2.05, 4.69) is 0 Å². The molecule has 108 valence electrons. The summed E-state index contributed by atoms with van der Waals surface area (Å²) in [5.41, 5.74) is 2.17. The number of phenolic OH excluding ortho intramolecular Hbond substituents is 2. The Morgan fingerprint density at radius 3 is 1.71 bits per heavy atom. The van der Waals surface area contributed by atoms with Crippen LogP contribution in [0.5, 0.6) is 23.0 Å². The number of aromatic hydroxyl groups is 2. The van der Waals surface area contributed by atoms with E-state index in [1.807, 2.05) is 12.1 Å². The minimum Gasteiger partial charge on any atom is -0.508 e. The van der Waals surface area contributed by atoms with Crippen molar-refractivity contribution in [2.45, 2.75) is 31.5 Å². The molecule has 2 heterocycles. The smallest absolute Gasteiger partial charge is 0.251 e. The van der Waals surface area contributed by atoms with E-state index in [0.29, 0.717) is 11.5 Å². The van der Waals surface area contributed by atoms with Gasteiger partial charge in [-0.05, 0) is 36.1 Å². The number of phenols is 2.